The van der Waals surface area contributed by atoms with Gasteiger partial charge in [0.05, 0.1) is 26.3 Å². The highest BCUT2D eigenvalue weighted by Crippen LogP contribution is 2.11. The summed E-state index contributed by atoms with van der Waals surface area (Å²) in [6.45, 7) is 9.17. The number of halogens is 2. The second-order valence-electron chi connectivity index (χ2n) is 8.28. The van der Waals surface area contributed by atoms with Crippen molar-refractivity contribution in [1.82, 2.24) is 0 Å². The summed E-state index contributed by atoms with van der Waals surface area (Å²) < 4.78 is 37.3. The van der Waals surface area contributed by atoms with Gasteiger partial charge in [0.2, 0.25) is 0 Å². The van der Waals surface area contributed by atoms with Gasteiger partial charge in [0.1, 0.15) is 18.4 Å². The van der Waals surface area contributed by atoms with Crippen molar-refractivity contribution in [3.8, 4) is 0 Å². The van der Waals surface area contributed by atoms with Gasteiger partial charge in [-0.05, 0) is 43.0 Å². The van der Waals surface area contributed by atoms with Crippen LogP contribution in [-0.4, -0.2) is 48.7 Å². The van der Waals surface area contributed by atoms with Crippen molar-refractivity contribution in [2.24, 2.45) is 10.2 Å². The molecule has 2 aromatic rings. The molecule has 0 heterocycles. The lowest BCUT2D eigenvalue weighted by molar-refractivity contribution is -0.155. The molecule has 0 aliphatic rings. The Hall–Kier alpha value is -4.21. The van der Waals surface area contributed by atoms with Crippen LogP contribution >= 0.6 is 0 Å². The summed E-state index contributed by atoms with van der Waals surface area (Å²) in [6, 6.07) is 18.2. The minimum atomic E-state index is -1.87. The van der Waals surface area contributed by atoms with Gasteiger partial charge in [0.25, 0.3) is 0 Å². The lowest BCUT2D eigenvalue weighted by Crippen LogP contribution is -2.35. The van der Waals surface area contributed by atoms with Crippen LogP contribution in [0.25, 0.3) is 20.9 Å². The number of alkyl halides is 2. The van der Waals surface area contributed by atoms with Gasteiger partial charge in [0, 0.05) is 9.82 Å². The van der Waals surface area contributed by atoms with Crippen LogP contribution in [0.4, 0.5) is 8.78 Å². The quantitative estimate of drug-likeness (QED) is 0.109. The first-order valence-electron chi connectivity index (χ1n) is 12.3. The van der Waals surface area contributed by atoms with Crippen molar-refractivity contribution in [1.29, 1.82) is 0 Å². The predicted molar refractivity (Wildman–Crippen MR) is 151 cm³/mol. The van der Waals surface area contributed by atoms with E-state index in [1.165, 1.54) is 11.6 Å². The van der Waals surface area contributed by atoms with Gasteiger partial charge >= 0.3 is 5.97 Å². The van der Waals surface area contributed by atoms with Gasteiger partial charge in [-0.15, -0.1) is 6.58 Å². The zero-order valence-corrected chi connectivity index (χ0v) is 22.9. The topological polar surface area (TPSA) is 153 Å². The molecule has 40 heavy (non-hydrogen) atoms. The average molecular weight is 559 g/mol. The number of benzene rings is 2. The van der Waals surface area contributed by atoms with Crippen molar-refractivity contribution in [2.75, 3.05) is 13.1 Å². The first kappa shape index (κ1) is 35.8. The van der Waals surface area contributed by atoms with Crippen LogP contribution in [0, 0.1) is 0 Å². The molecule has 0 aliphatic carbocycles. The number of carboxylic acid groups (broad SMARTS) is 1. The highest BCUT2D eigenvalue weighted by molar-refractivity contribution is 5.73. The molecule has 0 aliphatic heterocycles. The Labute approximate surface area is 233 Å². The predicted octanol–water partition coefficient (Wildman–Crippen LogP) is 7.68. The summed E-state index contributed by atoms with van der Waals surface area (Å²) in [5.74, 6) is -1.42. The van der Waals surface area contributed by atoms with E-state index in [0.29, 0.717) is 6.61 Å². The van der Waals surface area contributed by atoms with Crippen LogP contribution in [0.2, 0.25) is 0 Å². The van der Waals surface area contributed by atoms with Crippen molar-refractivity contribution >= 4 is 5.97 Å². The summed E-state index contributed by atoms with van der Waals surface area (Å²) >= 11 is 0. The zero-order valence-electron chi connectivity index (χ0n) is 22.9. The van der Waals surface area contributed by atoms with E-state index in [9.17, 15) is 13.6 Å². The Morgan fingerprint density at radius 1 is 0.925 bits per heavy atom. The van der Waals surface area contributed by atoms with Crippen molar-refractivity contribution < 1.29 is 28.2 Å². The molecule has 4 atom stereocenters. The lowest BCUT2D eigenvalue weighted by atomic mass is 10.2. The molecule has 0 aromatic heterocycles. The molecule has 216 valence electrons. The Morgan fingerprint density at radius 3 is 1.73 bits per heavy atom. The molecule has 0 spiro atoms. The molecule has 0 fully saturated rings. The Bertz CT molecular complexity index is 1100. The van der Waals surface area contributed by atoms with E-state index in [1.54, 1.807) is 30.3 Å². The molecule has 0 saturated heterocycles. The first-order valence-corrected chi connectivity index (χ1v) is 12.3. The van der Waals surface area contributed by atoms with Crippen molar-refractivity contribution in [3.05, 3.63) is 117 Å². The summed E-state index contributed by atoms with van der Waals surface area (Å²) in [6.07, 6.45) is -2.19. The van der Waals surface area contributed by atoms with E-state index in [0.717, 1.165) is 11.1 Å². The van der Waals surface area contributed by atoms with Crippen LogP contribution in [0.15, 0.2) is 95.2 Å². The molecule has 0 radical (unpaired) electrons. The van der Waals surface area contributed by atoms with Crippen LogP contribution in [0.3, 0.4) is 0 Å². The number of hydrogen-bond acceptors (Lipinski definition) is 5. The van der Waals surface area contributed by atoms with Crippen LogP contribution in [0.1, 0.15) is 31.9 Å². The molecule has 0 unspecified atom stereocenters. The van der Waals surface area contributed by atoms with Gasteiger partial charge in [0.15, 0.2) is 6.10 Å². The monoisotopic (exact) mass is 558 g/mol. The van der Waals surface area contributed by atoms with E-state index in [1.807, 2.05) is 37.3 Å². The normalized spacial score (nSPS) is 12.6. The number of ether oxygens (including phenoxy) is 2. The minimum Gasteiger partial charge on any atom is -0.479 e. The van der Waals surface area contributed by atoms with Gasteiger partial charge in [-0.2, -0.15) is 0 Å². The Kier molecular flexibility index (Phi) is 20.4. The molecule has 0 bridgehead atoms. The smallest absolute Gasteiger partial charge is 0.335 e. The highest BCUT2D eigenvalue weighted by atomic mass is 19.1. The second-order valence-corrected chi connectivity index (χ2v) is 8.28. The second kappa shape index (κ2) is 22.7. The molecule has 2 rings (SSSR count). The molecule has 0 saturated carbocycles. The number of allylic oxidation sites excluding steroid dienone is 2. The first-order chi connectivity index (χ1) is 19.2. The third-order valence-electron chi connectivity index (χ3n) is 4.93. The zero-order chi connectivity index (χ0) is 30.2. The Morgan fingerprint density at radius 2 is 1.35 bits per heavy atom. The molecular weight excluding hydrogens is 522 g/mol. The minimum absolute atomic E-state index is 0.0194. The maximum absolute atomic E-state index is 13.5. The molecule has 12 heteroatoms. The Balaban J connectivity index is 0.000000652. The summed E-state index contributed by atoms with van der Waals surface area (Å²) in [7, 11) is 0. The number of hydrogen-bond donors (Lipinski definition) is 1. The van der Waals surface area contributed by atoms with E-state index in [4.69, 9.17) is 25.6 Å². The molecule has 0 amide bonds. The average Bonchev–Trinajstić information content (AvgIpc) is 2.97. The maximum atomic E-state index is 13.5. The van der Waals surface area contributed by atoms with E-state index >= 15 is 0 Å². The molecule has 2 aromatic carbocycles. The third kappa shape index (κ3) is 17.3. The molecular formula is C28H36F2N6O4. The number of rotatable bonds is 14. The number of aliphatic carboxylic acids is 1. The number of carboxylic acids is 1. The number of carbonyl (C=O) groups is 1. The number of nitrogens with zero attached hydrogens (tertiary/aromatic N) is 6. The van der Waals surface area contributed by atoms with Gasteiger partial charge in [-0.1, -0.05) is 88.6 Å². The molecule has 10 nitrogen and oxygen atoms in total. The standard InChI is InChI=1S/C12H14FN3O.C11H12FN3O3.C5H10/c1-2-12(11(13)8-15-16-14)17-9-10-6-4-3-5-7-10;12-9(6-14-15-13)10(11(16)17)18-7-8-4-2-1-3-5-8;1-4-5(2)3/h2-7,11-12H,1,8-9H2;1-5,9-10H,6-7H2,(H,16,17);4H,1-3H3/t11-,12-;9-,10+;/m11./s1. The summed E-state index contributed by atoms with van der Waals surface area (Å²) in [4.78, 5) is 15.7. The van der Waals surface area contributed by atoms with E-state index < -0.39 is 37.1 Å². The molecule has 1 N–H and O–H groups in total. The van der Waals surface area contributed by atoms with Crippen molar-refractivity contribution in [3.63, 3.8) is 0 Å². The van der Waals surface area contributed by atoms with Crippen molar-refractivity contribution in [2.45, 2.75) is 58.5 Å². The number of azide groups is 2. The van der Waals surface area contributed by atoms with Crippen LogP contribution in [0.5, 0.6) is 0 Å². The van der Waals surface area contributed by atoms with Gasteiger partial charge in [-0.25, -0.2) is 13.6 Å². The van der Waals surface area contributed by atoms with Gasteiger partial charge < -0.3 is 14.6 Å². The highest BCUT2D eigenvalue weighted by Gasteiger charge is 2.28. The SMILES string of the molecule is C=C[C@@H](OCc1ccccc1)[C@H](F)CN=[N+]=[N-].CC=C(C)C.[N-]=[N+]=NC[C@@H](F)[C@H](OCc1ccccc1)C(=O)O. The van der Waals surface area contributed by atoms with Crippen LogP contribution in [-0.2, 0) is 27.5 Å². The maximum Gasteiger partial charge on any atom is 0.335 e. The van der Waals surface area contributed by atoms with E-state index in [-0.39, 0.29) is 13.2 Å². The summed E-state index contributed by atoms with van der Waals surface area (Å²) in [5, 5.41) is 15.0. The van der Waals surface area contributed by atoms with E-state index in [2.05, 4.69) is 46.6 Å². The lowest BCUT2D eigenvalue weighted by Gasteiger charge is -2.16. The fourth-order valence-corrected chi connectivity index (χ4v) is 2.61. The van der Waals surface area contributed by atoms with Gasteiger partial charge in [-0.3, -0.25) is 0 Å². The third-order valence-corrected chi connectivity index (χ3v) is 4.93. The summed E-state index contributed by atoms with van der Waals surface area (Å²) in [5.41, 5.74) is 19.2. The van der Waals surface area contributed by atoms with Crippen LogP contribution < -0.4 is 0 Å². The fraction of sp³-hybridized carbons (Fsp3) is 0.393. The fourth-order valence-electron chi connectivity index (χ4n) is 2.61. The largest absolute Gasteiger partial charge is 0.479 e.